The lowest BCUT2D eigenvalue weighted by Gasteiger charge is -2.31. The second kappa shape index (κ2) is 5.37. The minimum atomic E-state index is -4.30. The molecule has 0 bridgehead atoms. The Hall–Kier alpha value is -1.36. The number of carbonyl (C=O) groups excluding carboxylic acids is 1. The molecule has 2 fully saturated rings. The van der Waals surface area contributed by atoms with Crippen molar-refractivity contribution in [3.05, 3.63) is 35.4 Å². The Bertz CT molecular complexity index is 561. The molecule has 1 heterocycles. The average molecular weight is 312 g/mol. The highest BCUT2D eigenvalue weighted by Gasteiger charge is 2.55. The predicted octanol–water partition coefficient (Wildman–Crippen LogP) is 4.63. The second-order valence-corrected chi connectivity index (χ2v) is 6.70. The summed E-state index contributed by atoms with van der Waals surface area (Å²) in [5, 5.41) is 0. The van der Waals surface area contributed by atoms with E-state index in [1.54, 1.807) is 18.2 Å². The topological polar surface area (TPSA) is 26.3 Å². The summed E-state index contributed by atoms with van der Waals surface area (Å²) < 4.78 is 45.2. The van der Waals surface area contributed by atoms with E-state index in [0.29, 0.717) is 30.4 Å². The molecule has 1 aromatic rings. The maximum absolute atomic E-state index is 13.1. The van der Waals surface area contributed by atoms with Gasteiger partial charge >= 0.3 is 6.18 Å². The standard InChI is InChI=1S/C17H19F3O2/c18-17(19,20)11-16(14-5-3-4-13(8-14)9-21)10-15(12-22-16)6-1-2-7-15/h3-5,8-9H,1-2,6-7,10-12H2/t16-/m1/s1. The van der Waals surface area contributed by atoms with Crippen LogP contribution in [0.3, 0.4) is 0 Å². The maximum atomic E-state index is 13.1. The average Bonchev–Trinajstić information content (AvgIpc) is 3.06. The third-order valence-corrected chi connectivity index (χ3v) is 5.01. The third kappa shape index (κ3) is 2.91. The van der Waals surface area contributed by atoms with Crippen LogP contribution < -0.4 is 0 Å². The van der Waals surface area contributed by atoms with Crippen molar-refractivity contribution in [3.8, 4) is 0 Å². The molecule has 0 N–H and O–H groups in total. The van der Waals surface area contributed by atoms with E-state index in [1.807, 2.05) is 0 Å². The number of ether oxygens (including phenoxy) is 1. The fraction of sp³-hybridized carbons (Fsp3) is 0.588. The van der Waals surface area contributed by atoms with Crippen LogP contribution in [0.1, 0.15) is 54.4 Å². The molecule has 5 heteroatoms. The van der Waals surface area contributed by atoms with E-state index < -0.39 is 18.2 Å². The van der Waals surface area contributed by atoms with Crippen LogP contribution in [0.25, 0.3) is 0 Å². The van der Waals surface area contributed by atoms with Gasteiger partial charge in [0, 0.05) is 5.56 Å². The largest absolute Gasteiger partial charge is 0.392 e. The van der Waals surface area contributed by atoms with Crippen LogP contribution in [0.5, 0.6) is 0 Å². The summed E-state index contributed by atoms with van der Waals surface area (Å²) in [5.74, 6) is 0. The Labute approximate surface area is 127 Å². The lowest BCUT2D eigenvalue weighted by molar-refractivity contribution is -0.181. The Kier molecular flexibility index (Phi) is 3.79. The molecule has 0 aromatic heterocycles. The molecule has 1 aliphatic heterocycles. The van der Waals surface area contributed by atoms with Crippen LogP contribution in [0.15, 0.2) is 24.3 Å². The molecule has 1 spiro atoms. The van der Waals surface area contributed by atoms with Crippen molar-refractivity contribution in [1.29, 1.82) is 0 Å². The first-order chi connectivity index (χ1) is 10.4. The van der Waals surface area contributed by atoms with E-state index in [9.17, 15) is 18.0 Å². The molecular formula is C17H19F3O2. The lowest BCUT2D eigenvalue weighted by atomic mass is 9.75. The van der Waals surface area contributed by atoms with E-state index in [4.69, 9.17) is 4.74 Å². The molecule has 1 saturated heterocycles. The normalized spacial score (nSPS) is 27.4. The van der Waals surface area contributed by atoms with Crippen molar-refractivity contribution >= 4 is 6.29 Å². The summed E-state index contributed by atoms with van der Waals surface area (Å²) in [6.07, 6.45) is -0.280. The maximum Gasteiger partial charge on any atom is 0.392 e. The summed E-state index contributed by atoms with van der Waals surface area (Å²) in [6, 6.07) is 6.40. The van der Waals surface area contributed by atoms with Gasteiger partial charge < -0.3 is 4.74 Å². The monoisotopic (exact) mass is 312 g/mol. The van der Waals surface area contributed by atoms with Gasteiger partial charge in [0.2, 0.25) is 0 Å². The fourth-order valence-electron chi connectivity index (χ4n) is 4.07. The van der Waals surface area contributed by atoms with Gasteiger partial charge in [-0.2, -0.15) is 13.2 Å². The van der Waals surface area contributed by atoms with Gasteiger partial charge in [-0.15, -0.1) is 0 Å². The molecular weight excluding hydrogens is 293 g/mol. The molecule has 1 aromatic carbocycles. The molecule has 22 heavy (non-hydrogen) atoms. The van der Waals surface area contributed by atoms with Crippen LogP contribution in [-0.4, -0.2) is 19.1 Å². The molecule has 1 atom stereocenters. The Balaban J connectivity index is 1.98. The summed E-state index contributed by atoms with van der Waals surface area (Å²) >= 11 is 0. The minimum absolute atomic E-state index is 0.123. The van der Waals surface area contributed by atoms with Gasteiger partial charge in [-0.05, 0) is 36.3 Å². The number of hydrogen-bond acceptors (Lipinski definition) is 2. The van der Waals surface area contributed by atoms with Crippen molar-refractivity contribution in [2.45, 2.75) is 50.3 Å². The van der Waals surface area contributed by atoms with E-state index in [2.05, 4.69) is 0 Å². The number of carbonyl (C=O) groups is 1. The summed E-state index contributed by atoms with van der Waals surface area (Å²) in [5.41, 5.74) is -0.613. The molecule has 0 unspecified atom stereocenters. The van der Waals surface area contributed by atoms with Crippen LogP contribution in [0.2, 0.25) is 0 Å². The van der Waals surface area contributed by atoms with Gasteiger partial charge in [0.1, 0.15) is 11.9 Å². The highest BCUT2D eigenvalue weighted by molar-refractivity contribution is 5.75. The molecule has 0 amide bonds. The van der Waals surface area contributed by atoms with Crippen LogP contribution in [-0.2, 0) is 10.3 Å². The van der Waals surface area contributed by atoms with E-state index in [1.165, 1.54) is 6.07 Å². The van der Waals surface area contributed by atoms with Crippen molar-refractivity contribution in [2.75, 3.05) is 6.61 Å². The SMILES string of the molecule is O=Cc1cccc([C@]2(CC(F)(F)F)CC3(CCCC3)CO2)c1. The Morgan fingerprint density at radius 2 is 1.95 bits per heavy atom. The molecule has 2 aliphatic rings. The number of aldehydes is 1. The van der Waals surface area contributed by atoms with Gasteiger partial charge in [0.05, 0.1) is 13.0 Å². The second-order valence-electron chi connectivity index (χ2n) is 6.70. The first-order valence-corrected chi connectivity index (χ1v) is 7.63. The van der Waals surface area contributed by atoms with Gasteiger partial charge in [0.25, 0.3) is 0 Å². The van der Waals surface area contributed by atoms with E-state index in [0.717, 1.165) is 25.7 Å². The molecule has 1 aliphatic carbocycles. The highest BCUT2D eigenvalue weighted by atomic mass is 19.4. The molecule has 120 valence electrons. The van der Waals surface area contributed by atoms with Crippen LogP contribution >= 0.6 is 0 Å². The zero-order valence-corrected chi connectivity index (χ0v) is 12.3. The zero-order chi connectivity index (χ0) is 15.8. The minimum Gasteiger partial charge on any atom is -0.369 e. The predicted molar refractivity (Wildman–Crippen MR) is 75.6 cm³/mol. The Morgan fingerprint density at radius 1 is 1.23 bits per heavy atom. The number of halogens is 3. The summed E-state index contributed by atoms with van der Waals surface area (Å²) in [4.78, 5) is 10.9. The van der Waals surface area contributed by atoms with Crippen molar-refractivity contribution in [3.63, 3.8) is 0 Å². The van der Waals surface area contributed by atoms with Gasteiger partial charge in [0.15, 0.2) is 0 Å². The summed E-state index contributed by atoms with van der Waals surface area (Å²) in [7, 11) is 0. The molecule has 3 rings (SSSR count). The molecule has 0 radical (unpaired) electrons. The van der Waals surface area contributed by atoms with Crippen molar-refractivity contribution in [2.24, 2.45) is 5.41 Å². The lowest BCUT2D eigenvalue weighted by Crippen LogP contribution is -2.32. The number of alkyl halides is 3. The van der Waals surface area contributed by atoms with E-state index in [-0.39, 0.29) is 5.41 Å². The first-order valence-electron chi connectivity index (χ1n) is 7.63. The third-order valence-electron chi connectivity index (χ3n) is 5.01. The highest BCUT2D eigenvalue weighted by Crippen LogP contribution is 2.56. The van der Waals surface area contributed by atoms with Crippen LogP contribution in [0, 0.1) is 5.41 Å². The van der Waals surface area contributed by atoms with Crippen LogP contribution in [0.4, 0.5) is 13.2 Å². The van der Waals surface area contributed by atoms with Crippen molar-refractivity contribution in [1.82, 2.24) is 0 Å². The zero-order valence-electron chi connectivity index (χ0n) is 12.3. The summed E-state index contributed by atoms with van der Waals surface area (Å²) in [6.45, 7) is 0.383. The van der Waals surface area contributed by atoms with Gasteiger partial charge in [-0.3, -0.25) is 4.79 Å². The smallest absolute Gasteiger partial charge is 0.369 e. The molecule has 1 saturated carbocycles. The quantitative estimate of drug-likeness (QED) is 0.761. The van der Waals surface area contributed by atoms with Crippen molar-refractivity contribution < 1.29 is 22.7 Å². The first kappa shape index (κ1) is 15.5. The number of hydrogen-bond donors (Lipinski definition) is 0. The van der Waals surface area contributed by atoms with E-state index >= 15 is 0 Å². The fourth-order valence-corrected chi connectivity index (χ4v) is 4.07. The Morgan fingerprint density at radius 3 is 2.59 bits per heavy atom. The van der Waals surface area contributed by atoms with Gasteiger partial charge in [-0.1, -0.05) is 31.0 Å². The number of rotatable bonds is 3. The molecule has 2 nitrogen and oxygen atoms in total. The van der Waals surface area contributed by atoms with Gasteiger partial charge in [-0.25, -0.2) is 0 Å². The number of benzene rings is 1.